The molecule has 1 atom stereocenters. The van der Waals surface area contributed by atoms with Crippen molar-refractivity contribution in [2.45, 2.75) is 32.9 Å². The van der Waals surface area contributed by atoms with Gasteiger partial charge in [-0.05, 0) is 43.3 Å². The van der Waals surface area contributed by atoms with Gasteiger partial charge in [0.1, 0.15) is 0 Å². The fraction of sp³-hybridized carbons (Fsp3) is 0.583. The summed E-state index contributed by atoms with van der Waals surface area (Å²) in [5, 5.41) is 4.20. The van der Waals surface area contributed by atoms with Gasteiger partial charge in [0.15, 0.2) is 0 Å². The van der Waals surface area contributed by atoms with Crippen molar-refractivity contribution in [1.29, 1.82) is 0 Å². The van der Waals surface area contributed by atoms with Crippen LogP contribution in [-0.2, 0) is 16.1 Å². The molecule has 1 heterocycles. The summed E-state index contributed by atoms with van der Waals surface area (Å²) in [6.45, 7) is 5.21. The first-order valence-corrected chi connectivity index (χ1v) is 6.44. The Bertz CT molecular complexity index is 311. The summed E-state index contributed by atoms with van der Waals surface area (Å²) in [6.07, 6.45) is 0.453. The quantitative estimate of drug-likeness (QED) is 0.717. The fourth-order valence-corrected chi connectivity index (χ4v) is 2.10. The number of carbonyl (C=O) groups is 1. The van der Waals surface area contributed by atoms with Crippen LogP contribution in [0.2, 0.25) is 0 Å². The molecule has 0 fully saturated rings. The van der Waals surface area contributed by atoms with E-state index in [-0.39, 0.29) is 12.0 Å². The predicted octanol–water partition coefficient (Wildman–Crippen LogP) is 2.52. The highest BCUT2D eigenvalue weighted by atomic mass is 32.1. The van der Waals surface area contributed by atoms with E-state index < -0.39 is 0 Å². The van der Waals surface area contributed by atoms with E-state index in [2.05, 4.69) is 21.7 Å². The van der Waals surface area contributed by atoms with Crippen LogP contribution in [0.25, 0.3) is 0 Å². The first-order chi connectivity index (χ1) is 7.63. The van der Waals surface area contributed by atoms with E-state index in [1.54, 1.807) is 11.3 Å². The molecule has 3 nitrogen and oxygen atoms in total. The molecule has 0 saturated carbocycles. The van der Waals surface area contributed by atoms with Gasteiger partial charge in [0.05, 0.1) is 13.0 Å². The molecule has 0 aliphatic heterocycles. The number of carbonyl (C=O) groups excluding carboxylic acids is 1. The molecule has 1 rings (SSSR count). The van der Waals surface area contributed by atoms with Crippen molar-refractivity contribution in [3.63, 3.8) is 0 Å². The van der Waals surface area contributed by atoms with Gasteiger partial charge in [-0.25, -0.2) is 0 Å². The normalized spacial score (nSPS) is 12.8. The number of hydrogen-bond acceptors (Lipinski definition) is 4. The average Bonchev–Trinajstić information content (AvgIpc) is 2.70. The van der Waals surface area contributed by atoms with E-state index >= 15 is 0 Å². The molecule has 0 amide bonds. The van der Waals surface area contributed by atoms with Crippen LogP contribution in [0, 0.1) is 0 Å². The third-order valence-electron chi connectivity index (χ3n) is 2.53. The topological polar surface area (TPSA) is 29.5 Å². The van der Waals surface area contributed by atoms with Crippen molar-refractivity contribution in [3.05, 3.63) is 22.4 Å². The number of esters is 1. The minimum atomic E-state index is -0.118. The lowest BCUT2D eigenvalue weighted by atomic mass is 10.2. The summed E-state index contributed by atoms with van der Waals surface area (Å²) in [5.74, 6) is -0.118. The van der Waals surface area contributed by atoms with Crippen LogP contribution >= 0.6 is 11.3 Å². The molecule has 4 heteroatoms. The molecule has 0 aromatic carbocycles. The largest absolute Gasteiger partial charge is 0.466 e. The highest BCUT2D eigenvalue weighted by molar-refractivity contribution is 7.07. The van der Waals surface area contributed by atoms with Gasteiger partial charge in [0.25, 0.3) is 0 Å². The zero-order chi connectivity index (χ0) is 12.0. The lowest BCUT2D eigenvalue weighted by Crippen LogP contribution is -2.31. The minimum Gasteiger partial charge on any atom is -0.466 e. The van der Waals surface area contributed by atoms with Crippen molar-refractivity contribution in [2.24, 2.45) is 0 Å². The minimum absolute atomic E-state index is 0.118. The lowest BCUT2D eigenvalue weighted by Gasteiger charge is -2.23. The smallest absolute Gasteiger partial charge is 0.307 e. The molecule has 1 aromatic heterocycles. The molecule has 0 aliphatic carbocycles. The predicted molar refractivity (Wildman–Crippen MR) is 66.5 cm³/mol. The summed E-state index contributed by atoms with van der Waals surface area (Å²) in [6, 6.07) is 2.32. The van der Waals surface area contributed by atoms with Crippen LogP contribution in [0.3, 0.4) is 0 Å². The Hall–Kier alpha value is -0.870. The Morgan fingerprint density at radius 2 is 2.38 bits per heavy atom. The third kappa shape index (κ3) is 4.33. The van der Waals surface area contributed by atoms with Crippen LogP contribution in [0.4, 0.5) is 0 Å². The second-order valence-electron chi connectivity index (χ2n) is 3.90. The van der Waals surface area contributed by atoms with Crippen molar-refractivity contribution >= 4 is 17.3 Å². The zero-order valence-corrected chi connectivity index (χ0v) is 10.9. The summed E-state index contributed by atoms with van der Waals surface area (Å²) in [4.78, 5) is 13.5. The molecule has 0 N–H and O–H groups in total. The summed E-state index contributed by atoms with van der Waals surface area (Å²) in [5.41, 5.74) is 1.29. The maximum absolute atomic E-state index is 11.3. The SMILES string of the molecule is CCOC(=O)CC(C)N(C)Cc1ccsc1. The van der Waals surface area contributed by atoms with Gasteiger partial charge >= 0.3 is 5.97 Å². The molecule has 0 aliphatic rings. The Labute approximate surface area is 101 Å². The zero-order valence-electron chi connectivity index (χ0n) is 10.1. The van der Waals surface area contributed by atoms with Crippen LogP contribution < -0.4 is 0 Å². The van der Waals surface area contributed by atoms with Crippen LogP contribution in [0.15, 0.2) is 16.8 Å². The number of rotatable bonds is 6. The van der Waals surface area contributed by atoms with Crippen molar-refractivity contribution < 1.29 is 9.53 Å². The molecular weight excluding hydrogens is 222 g/mol. The van der Waals surface area contributed by atoms with E-state index in [0.29, 0.717) is 13.0 Å². The van der Waals surface area contributed by atoms with E-state index in [4.69, 9.17) is 4.74 Å². The van der Waals surface area contributed by atoms with Gasteiger partial charge in [-0.3, -0.25) is 9.69 Å². The van der Waals surface area contributed by atoms with Gasteiger partial charge in [-0.15, -0.1) is 0 Å². The summed E-state index contributed by atoms with van der Waals surface area (Å²) in [7, 11) is 2.03. The molecule has 0 spiro atoms. The number of hydrogen-bond donors (Lipinski definition) is 0. The highest BCUT2D eigenvalue weighted by Crippen LogP contribution is 2.11. The second kappa shape index (κ2) is 6.66. The van der Waals surface area contributed by atoms with E-state index in [9.17, 15) is 4.79 Å². The van der Waals surface area contributed by atoms with Crippen LogP contribution in [0.5, 0.6) is 0 Å². The molecule has 90 valence electrons. The second-order valence-corrected chi connectivity index (χ2v) is 4.68. The Morgan fingerprint density at radius 1 is 1.62 bits per heavy atom. The molecule has 0 saturated heterocycles. The molecule has 0 bridgehead atoms. The molecule has 1 unspecified atom stereocenters. The summed E-state index contributed by atoms with van der Waals surface area (Å²) >= 11 is 1.70. The molecule has 16 heavy (non-hydrogen) atoms. The average molecular weight is 241 g/mol. The maximum atomic E-state index is 11.3. The van der Waals surface area contributed by atoms with Crippen LogP contribution in [0.1, 0.15) is 25.8 Å². The van der Waals surface area contributed by atoms with Crippen molar-refractivity contribution in [3.8, 4) is 0 Å². The monoisotopic (exact) mass is 241 g/mol. The van der Waals surface area contributed by atoms with Gasteiger partial charge in [0.2, 0.25) is 0 Å². The molecule has 1 aromatic rings. The highest BCUT2D eigenvalue weighted by Gasteiger charge is 2.14. The molecular formula is C12H19NO2S. The van der Waals surface area contributed by atoms with Gasteiger partial charge < -0.3 is 4.74 Å². The van der Waals surface area contributed by atoms with E-state index in [0.717, 1.165) is 6.54 Å². The fourth-order valence-electron chi connectivity index (χ4n) is 1.44. The van der Waals surface area contributed by atoms with Gasteiger partial charge in [-0.2, -0.15) is 11.3 Å². The molecule has 0 radical (unpaired) electrons. The first kappa shape index (κ1) is 13.2. The Morgan fingerprint density at radius 3 is 2.94 bits per heavy atom. The number of ether oxygens (including phenoxy) is 1. The van der Waals surface area contributed by atoms with Gasteiger partial charge in [0, 0.05) is 12.6 Å². The Kier molecular flexibility index (Phi) is 5.49. The summed E-state index contributed by atoms with van der Waals surface area (Å²) < 4.78 is 4.93. The third-order valence-corrected chi connectivity index (χ3v) is 3.26. The van der Waals surface area contributed by atoms with E-state index in [1.807, 2.05) is 20.9 Å². The Balaban J connectivity index is 2.35. The van der Waals surface area contributed by atoms with Crippen molar-refractivity contribution in [1.82, 2.24) is 4.90 Å². The van der Waals surface area contributed by atoms with Crippen molar-refractivity contribution in [2.75, 3.05) is 13.7 Å². The van der Waals surface area contributed by atoms with Crippen LogP contribution in [-0.4, -0.2) is 30.6 Å². The van der Waals surface area contributed by atoms with E-state index in [1.165, 1.54) is 5.56 Å². The number of nitrogens with zero attached hydrogens (tertiary/aromatic N) is 1. The van der Waals surface area contributed by atoms with Gasteiger partial charge in [-0.1, -0.05) is 0 Å². The first-order valence-electron chi connectivity index (χ1n) is 5.50. The number of thiophene rings is 1. The maximum Gasteiger partial charge on any atom is 0.307 e. The standard InChI is InChI=1S/C12H19NO2S/c1-4-15-12(14)7-10(2)13(3)8-11-5-6-16-9-11/h5-6,9-10H,4,7-8H2,1-3H3. The lowest BCUT2D eigenvalue weighted by molar-refractivity contribution is -0.144.